The summed E-state index contributed by atoms with van der Waals surface area (Å²) < 4.78 is 5.11. The molecule has 1 amide bonds. The SMILES string of the molecule is COc1cccc(C(=O)N2CCCCC2C#N)c1. The van der Waals surface area contributed by atoms with Crippen molar-refractivity contribution in [2.24, 2.45) is 0 Å². The predicted molar refractivity (Wildman–Crippen MR) is 67.3 cm³/mol. The van der Waals surface area contributed by atoms with Crippen LogP contribution in [0.4, 0.5) is 0 Å². The molecule has 1 aromatic carbocycles. The van der Waals surface area contributed by atoms with Gasteiger partial charge in [0.05, 0.1) is 13.2 Å². The van der Waals surface area contributed by atoms with Gasteiger partial charge in [0.2, 0.25) is 0 Å². The maximum absolute atomic E-state index is 12.4. The molecule has 0 saturated carbocycles. The Balaban J connectivity index is 2.21. The number of nitriles is 1. The molecule has 1 aliphatic rings. The van der Waals surface area contributed by atoms with Crippen molar-refractivity contribution in [2.45, 2.75) is 25.3 Å². The minimum absolute atomic E-state index is 0.0832. The second-order valence-electron chi connectivity index (χ2n) is 4.37. The van der Waals surface area contributed by atoms with Gasteiger partial charge in [-0.15, -0.1) is 0 Å². The van der Waals surface area contributed by atoms with Crippen molar-refractivity contribution in [3.63, 3.8) is 0 Å². The molecule has 18 heavy (non-hydrogen) atoms. The lowest BCUT2D eigenvalue weighted by molar-refractivity contribution is 0.0670. The quantitative estimate of drug-likeness (QED) is 0.801. The van der Waals surface area contributed by atoms with Crippen LogP contribution in [0.1, 0.15) is 29.6 Å². The van der Waals surface area contributed by atoms with Crippen LogP contribution in [0, 0.1) is 11.3 Å². The molecule has 0 spiro atoms. The monoisotopic (exact) mass is 244 g/mol. The third-order valence-corrected chi connectivity index (χ3v) is 3.23. The maximum Gasteiger partial charge on any atom is 0.255 e. The van der Waals surface area contributed by atoms with Crippen LogP contribution in [0.5, 0.6) is 5.75 Å². The molecule has 1 heterocycles. The summed E-state index contributed by atoms with van der Waals surface area (Å²) in [7, 11) is 1.57. The fourth-order valence-electron chi connectivity index (χ4n) is 2.23. The second kappa shape index (κ2) is 5.54. The lowest BCUT2D eigenvalue weighted by atomic mass is 10.0. The number of rotatable bonds is 2. The Labute approximate surface area is 107 Å². The number of methoxy groups -OCH3 is 1. The summed E-state index contributed by atoms with van der Waals surface area (Å²) in [5.74, 6) is 0.575. The molecule has 0 radical (unpaired) electrons. The van der Waals surface area contributed by atoms with Gasteiger partial charge in [0.25, 0.3) is 5.91 Å². The van der Waals surface area contributed by atoms with E-state index in [-0.39, 0.29) is 11.9 Å². The van der Waals surface area contributed by atoms with E-state index in [1.165, 1.54) is 0 Å². The van der Waals surface area contributed by atoms with E-state index in [2.05, 4.69) is 6.07 Å². The standard InChI is InChI=1S/C14H16N2O2/c1-18-13-7-4-5-11(9-13)14(17)16-8-3-2-6-12(16)10-15/h4-5,7,9,12H,2-3,6,8H2,1H3. The number of ether oxygens (including phenoxy) is 1. The van der Waals surface area contributed by atoms with Crippen molar-refractivity contribution in [1.29, 1.82) is 5.26 Å². The highest BCUT2D eigenvalue weighted by atomic mass is 16.5. The number of nitrogens with zero attached hydrogens (tertiary/aromatic N) is 2. The Bertz CT molecular complexity index is 479. The van der Waals surface area contributed by atoms with Gasteiger partial charge in [-0.1, -0.05) is 6.07 Å². The number of hydrogen-bond donors (Lipinski definition) is 0. The van der Waals surface area contributed by atoms with Gasteiger partial charge < -0.3 is 9.64 Å². The van der Waals surface area contributed by atoms with Crippen molar-refractivity contribution >= 4 is 5.91 Å². The first-order valence-electron chi connectivity index (χ1n) is 6.11. The topological polar surface area (TPSA) is 53.3 Å². The van der Waals surface area contributed by atoms with Gasteiger partial charge in [-0.05, 0) is 37.5 Å². The summed E-state index contributed by atoms with van der Waals surface area (Å²) in [6.07, 6.45) is 2.75. The zero-order valence-corrected chi connectivity index (χ0v) is 10.4. The van der Waals surface area contributed by atoms with E-state index >= 15 is 0 Å². The maximum atomic E-state index is 12.4. The molecule has 94 valence electrons. The van der Waals surface area contributed by atoms with Crippen molar-refractivity contribution in [3.05, 3.63) is 29.8 Å². The van der Waals surface area contributed by atoms with Crippen LogP contribution in [-0.4, -0.2) is 30.5 Å². The molecule has 1 saturated heterocycles. The largest absolute Gasteiger partial charge is 0.497 e. The van der Waals surface area contributed by atoms with Gasteiger partial charge >= 0.3 is 0 Å². The van der Waals surface area contributed by atoms with E-state index in [4.69, 9.17) is 10.00 Å². The molecule has 4 nitrogen and oxygen atoms in total. The van der Waals surface area contributed by atoms with E-state index in [0.717, 1.165) is 19.3 Å². The summed E-state index contributed by atoms with van der Waals surface area (Å²) in [5, 5.41) is 9.09. The lowest BCUT2D eigenvalue weighted by Crippen LogP contribution is -2.42. The molecule has 4 heteroatoms. The van der Waals surface area contributed by atoms with Crippen molar-refractivity contribution in [2.75, 3.05) is 13.7 Å². The Morgan fingerprint density at radius 3 is 3.06 bits per heavy atom. The van der Waals surface area contributed by atoms with Gasteiger partial charge in [-0.2, -0.15) is 5.26 Å². The summed E-state index contributed by atoms with van der Waals surface area (Å²) >= 11 is 0. The highest BCUT2D eigenvalue weighted by Crippen LogP contribution is 2.21. The highest BCUT2D eigenvalue weighted by molar-refractivity contribution is 5.95. The van der Waals surface area contributed by atoms with Crippen molar-refractivity contribution < 1.29 is 9.53 Å². The molecule has 1 aromatic rings. The lowest BCUT2D eigenvalue weighted by Gasteiger charge is -2.31. The number of carbonyl (C=O) groups excluding carboxylic acids is 1. The smallest absolute Gasteiger partial charge is 0.255 e. The van der Waals surface area contributed by atoms with Crippen LogP contribution in [0.15, 0.2) is 24.3 Å². The first-order chi connectivity index (χ1) is 8.76. The number of hydrogen-bond acceptors (Lipinski definition) is 3. The Morgan fingerprint density at radius 2 is 2.33 bits per heavy atom. The first kappa shape index (κ1) is 12.4. The molecule has 0 aromatic heterocycles. The minimum Gasteiger partial charge on any atom is -0.497 e. The fraction of sp³-hybridized carbons (Fsp3) is 0.429. The third kappa shape index (κ3) is 2.45. The number of piperidine rings is 1. The van der Waals surface area contributed by atoms with Crippen LogP contribution in [-0.2, 0) is 0 Å². The summed E-state index contributed by atoms with van der Waals surface area (Å²) in [6.45, 7) is 0.661. The molecule has 1 fully saturated rings. The van der Waals surface area contributed by atoms with E-state index in [1.54, 1.807) is 36.3 Å². The van der Waals surface area contributed by atoms with E-state index in [0.29, 0.717) is 17.9 Å². The highest BCUT2D eigenvalue weighted by Gasteiger charge is 2.27. The number of amides is 1. The van der Waals surface area contributed by atoms with E-state index in [9.17, 15) is 4.79 Å². The zero-order chi connectivity index (χ0) is 13.0. The molecular weight excluding hydrogens is 228 g/mol. The van der Waals surface area contributed by atoms with Crippen molar-refractivity contribution in [1.82, 2.24) is 4.90 Å². The molecule has 0 bridgehead atoms. The van der Waals surface area contributed by atoms with Gasteiger partial charge in [0, 0.05) is 12.1 Å². The second-order valence-corrected chi connectivity index (χ2v) is 4.37. The average molecular weight is 244 g/mol. The van der Waals surface area contributed by atoms with Crippen LogP contribution >= 0.6 is 0 Å². The Kier molecular flexibility index (Phi) is 3.83. The summed E-state index contributed by atoms with van der Waals surface area (Å²) in [6, 6.07) is 8.97. The third-order valence-electron chi connectivity index (χ3n) is 3.23. The molecule has 2 rings (SSSR count). The first-order valence-corrected chi connectivity index (χ1v) is 6.11. The van der Waals surface area contributed by atoms with Crippen LogP contribution in [0.3, 0.4) is 0 Å². The number of benzene rings is 1. The van der Waals surface area contributed by atoms with Crippen LogP contribution < -0.4 is 4.74 Å². The van der Waals surface area contributed by atoms with Crippen LogP contribution in [0.25, 0.3) is 0 Å². The molecule has 0 aliphatic carbocycles. The summed E-state index contributed by atoms with van der Waals surface area (Å²) in [5.41, 5.74) is 0.580. The van der Waals surface area contributed by atoms with E-state index < -0.39 is 0 Å². The fourth-order valence-corrected chi connectivity index (χ4v) is 2.23. The minimum atomic E-state index is -0.294. The molecular formula is C14H16N2O2. The van der Waals surface area contributed by atoms with Gasteiger partial charge in [0.15, 0.2) is 0 Å². The van der Waals surface area contributed by atoms with Gasteiger partial charge in [-0.3, -0.25) is 4.79 Å². The number of likely N-dealkylation sites (tertiary alicyclic amines) is 1. The molecule has 1 aliphatic heterocycles. The van der Waals surface area contributed by atoms with Gasteiger partial charge in [0.1, 0.15) is 11.8 Å². The normalized spacial score (nSPS) is 19.1. The number of carbonyl (C=O) groups is 1. The average Bonchev–Trinajstić information content (AvgIpc) is 2.46. The molecule has 0 N–H and O–H groups in total. The Morgan fingerprint density at radius 1 is 1.50 bits per heavy atom. The van der Waals surface area contributed by atoms with Crippen LogP contribution in [0.2, 0.25) is 0 Å². The Hall–Kier alpha value is -2.02. The van der Waals surface area contributed by atoms with Crippen molar-refractivity contribution in [3.8, 4) is 11.8 Å². The zero-order valence-electron chi connectivity index (χ0n) is 10.4. The van der Waals surface area contributed by atoms with Gasteiger partial charge in [-0.25, -0.2) is 0 Å². The predicted octanol–water partition coefficient (Wildman–Crippen LogP) is 2.21. The molecule has 1 unspecified atom stereocenters. The molecule has 1 atom stereocenters. The van der Waals surface area contributed by atoms with E-state index in [1.807, 2.05) is 0 Å². The summed E-state index contributed by atoms with van der Waals surface area (Å²) in [4.78, 5) is 14.0.